The van der Waals surface area contributed by atoms with Gasteiger partial charge in [-0.15, -0.1) is 0 Å². The molecule has 0 unspecified atom stereocenters. The molecule has 0 radical (unpaired) electrons. The fourth-order valence-electron chi connectivity index (χ4n) is 5.90. The lowest BCUT2D eigenvalue weighted by Gasteiger charge is -2.55. The highest BCUT2D eigenvalue weighted by atomic mass is 16.5. The van der Waals surface area contributed by atoms with Crippen molar-refractivity contribution in [1.29, 1.82) is 0 Å². The van der Waals surface area contributed by atoms with Gasteiger partial charge in [-0.2, -0.15) is 0 Å². The van der Waals surface area contributed by atoms with Crippen molar-refractivity contribution >= 4 is 5.97 Å². The van der Waals surface area contributed by atoms with Crippen LogP contribution in [-0.2, 0) is 9.53 Å². The summed E-state index contributed by atoms with van der Waals surface area (Å²) in [6, 6.07) is 0. The third-order valence-electron chi connectivity index (χ3n) is 7.91. The van der Waals surface area contributed by atoms with Gasteiger partial charge in [-0.1, -0.05) is 0 Å². The molecule has 0 atom stereocenters. The molecule has 6 heterocycles. The minimum absolute atomic E-state index is 0.00180. The third-order valence-corrected chi connectivity index (χ3v) is 7.91. The number of quaternary nitrogens is 3. The standard InChI is InChI=1S/C20H39N4O2/c1-19(2)26-20(25)18-24-15-12-23(13-16-24,14-17-24)8-3-7-22-9-4-21(5-10-22)6-11-22/h19H,3-18H2,1-2H3/q+3. The maximum atomic E-state index is 12.2. The summed E-state index contributed by atoms with van der Waals surface area (Å²) < 4.78 is 9.13. The second-order valence-corrected chi connectivity index (χ2v) is 9.88. The van der Waals surface area contributed by atoms with Crippen molar-refractivity contribution < 1.29 is 23.0 Å². The van der Waals surface area contributed by atoms with E-state index in [9.17, 15) is 4.79 Å². The van der Waals surface area contributed by atoms with E-state index >= 15 is 0 Å². The van der Waals surface area contributed by atoms with Crippen molar-refractivity contribution in [2.45, 2.75) is 26.4 Å². The number of fused-ring (bicyclic) bond motifs is 6. The molecule has 6 nitrogen and oxygen atoms in total. The summed E-state index contributed by atoms with van der Waals surface area (Å²) in [5, 5.41) is 0. The van der Waals surface area contributed by atoms with Crippen molar-refractivity contribution in [3.63, 3.8) is 0 Å². The zero-order chi connectivity index (χ0) is 18.3. The van der Waals surface area contributed by atoms with Gasteiger partial charge < -0.3 is 18.2 Å². The lowest BCUT2D eigenvalue weighted by Crippen LogP contribution is -2.76. The molecule has 0 aromatic carbocycles. The first kappa shape index (κ1) is 18.7. The van der Waals surface area contributed by atoms with Gasteiger partial charge in [0.05, 0.1) is 38.8 Å². The molecule has 0 saturated carbocycles. The largest absolute Gasteiger partial charge is 0.459 e. The van der Waals surface area contributed by atoms with Crippen LogP contribution in [0.2, 0.25) is 0 Å². The Morgan fingerprint density at radius 3 is 1.77 bits per heavy atom. The third kappa shape index (κ3) is 3.79. The van der Waals surface area contributed by atoms with Gasteiger partial charge in [-0.05, 0) is 13.8 Å². The van der Waals surface area contributed by atoms with Crippen molar-refractivity contribution in [1.82, 2.24) is 4.90 Å². The Morgan fingerprint density at radius 2 is 1.27 bits per heavy atom. The van der Waals surface area contributed by atoms with Crippen LogP contribution in [0.15, 0.2) is 0 Å². The van der Waals surface area contributed by atoms with E-state index in [0.29, 0.717) is 6.54 Å². The number of rotatable bonds is 7. The van der Waals surface area contributed by atoms with Gasteiger partial charge >= 0.3 is 5.97 Å². The van der Waals surface area contributed by atoms with Gasteiger partial charge in [0.2, 0.25) is 0 Å². The fourth-order valence-corrected chi connectivity index (χ4v) is 5.90. The quantitative estimate of drug-likeness (QED) is 0.473. The number of carbonyl (C=O) groups excluding carboxylic acids is 1. The van der Waals surface area contributed by atoms with E-state index in [1.807, 2.05) is 13.8 Å². The number of nitrogens with zero attached hydrogens (tertiary/aromatic N) is 4. The monoisotopic (exact) mass is 367 g/mol. The minimum atomic E-state index is 0.00180. The van der Waals surface area contributed by atoms with Crippen LogP contribution in [0.4, 0.5) is 0 Å². The average Bonchev–Trinajstić information content (AvgIpc) is 2.64. The Morgan fingerprint density at radius 1 is 0.808 bits per heavy atom. The Hall–Kier alpha value is -0.690. The van der Waals surface area contributed by atoms with E-state index < -0.39 is 0 Å². The first-order chi connectivity index (χ1) is 12.4. The Kier molecular flexibility index (Phi) is 5.05. The normalized spacial score (nSPS) is 41.6. The number of esters is 1. The second-order valence-electron chi connectivity index (χ2n) is 9.88. The smallest absolute Gasteiger partial charge is 0.362 e. The lowest BCUT2D eigenvalue weighted by molar-refractivity contribution is -1.08. The van der Waals surface area contributed by atoms with Crippen LogP contribution >= 0.6 is 0 Å². The topological polar surface area (TPSA) is 29.5 Å². The number of hydrogen-bond acceptors (Lipinski definition) is 3. The predicted octanol–water partition coefficient (Wildman–Crippen LogP) is 0.135. The van der Waals surface area contributed by atoms with Gasteiger partial charge in [-0.25, -0.2) is 4.79 Å². The van der Waals surface area contributed by atoms with Crippen molar-refractivity contribution in [2.75, 3.05) is 98.2 Å². The molecule has 6 aliphatic rings. The zero-order valence-electron chi connectivity index (χ0n) is 17.0. The molecule has 0 amide bonds. The molecule has 0 aromatic heterocycles. The molecule has 148 valence electrons. The van der Waals surface area contributed by atoms with Crippen molar-refractivity contribution in [2.24, 2.45) is 0 Å². The van der Waals surface area contributed by atoms with Gasteiger partial charge in [-0.3, -0.25) is 4.90 Å². The Balaban J connectivity index is 1.25. The van der Waals surface area contributed by atoms with Crippen LogP contribution in [-0.4, -0.2) is 129 Å². The molecule has 0 aliphatic carbocycles. The van der Waals surface area contributed by atoms with Crippen molar-refractivity contribution in [3.8, 4) is 0 Å². The number of piperazine rings is 6. The Bertz CT molecular complexity index is 490. The minimum Gasteiger partial charge on any atom is -0.459 e. The first-order valence-corrected chi connectivity index (χ1v) is 10.9. The van der Waals surface area contributed by atoms with Crippen LogP contribution in [0.5, 0.6) is 0 Å². The second kappa shape index (κ2) is 7.04. The summed E-state index contributed by atoms with van der Waals surface area (Å²) in [5.41, 5.74) is 0. The van der Waals surface area contributed by atoms with Crippen LogP contribution in [0.1, 0.15) is 20.3 Å². The lowest BCUT2D eigenvalue weighted by atomic mass is 10.1. The van der Waals surface area contributed by atoms with Crippen LogP contribution in [0, 0.1) is 0 Å². The molecule has 6 fully saturated rings. The first-order valence-electron chi connectivity index (χ1n) is 10.9. The molecule has 6 heteroatoms. The van der Waals surface area contributed by atoms with Crippen molar-refractivity contribution in [3.05, 3.63) is 0 Å². The summed E-state index contributed by atoms with van der Waals surface area (Å²) in [5.74, 6) is 0.00180. The van der Waals surface area contributed by atoms with E-state index in [4.69, 9.17) is 4.74 Å². The molecule has 6 saturated heterocycles. The predicted molar refractivity (Wildman–Crippen MR) is 101 cm³/mol. The number of ether oxygens (including phenoxy) is 1. The molecule has 4 bridgehead atoms. The van der Waals surface area contributed by atoms with Crippen LogP contribution in [0.25, 0.3) is 0 Å². The highest BCUT2D eigenvalue weighted by molar-refractivity contribution is 5.70. The molecule has 0 N–H and O–H groups in total. The van der Waals surface area contributed by atoms with Gasteiger partial charge in [0, 0.05) is 26.1 Å². The van der Waals surface area contributed by atoms with Gasteiger partial charge in [0.1, 0.15) is 39.3 Å². The van der Waals surface area contributed by atoms with Crippen LogP contribution in [0.3, 0.4) is 0 Å². The highest BCUT2D eigenvalue weighted by Crippen LogP contribution is 2.28. The average molecular weight is 368 g/mol. The summed E-state index contributed by atoms with van der Waals surface area (Å²) in [6.45, 7) is 22.7. The number of carbonyl (C=O) groups is 1. The van der Waals surface area contributed by atoms with E-state index in [0.717, 1.165) is 4.48 Å². The molecular weight excluding hydrogens is 328 g/mol. The Labute approximate surface area is 159 Å². The van der Waals surface area contributed by atoms with E-state index in [2.05, 4.69) is 4.90 Å². The molecular formula is C20H39N4O2+3. The van der Waals surface area contributed by atoms with Crippen LogP contribution < -0.4 is 0 Å². The van der Waals surface area contributed by atoms with E-state index in [1.165, 1.54) is 107 Å². The maximum absolute atomic E-state index is 12.2. The summed E-state index contributed by atoms with van der Waals surface area (Å²) >= 11 is 0. The van der Waals surface area contributed by atoms with E-state index in [1.54, 1.807) is 0 Å². The molecule has 0 spiro atoms. The highest BCUT2D eigenvalue weighted by Gasteiger charge is 2.50. The molecule has 0 aromatic rings. The van der Waals surface area contributed by atoms with E-state index in [-0.39, 0.29) is 12.1 Å². The summed E-state index contributed by atoms with van der Waals surface area (Å²) in [7, 11) is 0. The molecule has 26 heavy (non-hydrogen) atoms. The summed E-state index contributed by atoms with van der Waals surface area (Å²) in [6.07, 6.45) is 1.39. The van der Waals surface area contributed by atoms with Gasteiger partial charge in [0.25, 0.3) is 0 Å². The SMILES string of the molecule is CC(C)OC(=O)C[N+]12CC[N+](CCC[N+]34CCN(CC3)CC4)(CC1)CC2. The fraction of sp³-hybridized carbons (Fsp3) is 0.950. The molecule has 6 aliphatic heterocycles. The maximum Gasteiger partial charge on any atom is 0.362 e. The molecule has 6 rings (SSSR count). The summed E-state index contributed by atoms with van der Waals surface area (Å²) in [4.78, 5) is 14.8. The zero-order valence-corrected chi connectivity index (χ0v) is 17.0. The number of hydrogen-bond donors (Lipinski definition) is 0. The van der Waals surface area contributed by atoms with Gasteiger partial charge in [0.15, 0.2) is 6.54 Å².